The van der Waals surface area contributed by atoms with Crippen LogP contribution in [0.1, 0.15) is 52.4 Å². The van der Waals surface area contributed by atoms with Crippen LogP contribution in [0.15, 0.2) is 0 Å². The Balaban J connectivity index is 2.06. The van der Waals surface area contributed by atoms with Crippen molar-refractivity contribution in [3.8, 4) is 0 Å². The van der Waals surface area contributed by atoms with E-state index >= 15 is 0 Å². The maximum Gasteiger partial charge on any atom is 0.315 e. The molecule has 1 rings (SSSR count). The van der Waals surface area contributed by atoms with Crippen LogP contribution in [0.4, 0.5) is 4.79 Å². The molecule has 3 nitrogen and oxygen atoms in total. The van der Waals surface area contributed by atoms with Gasteiger partial charge < -0.3 is 10.6 Å². The predicted molar refractivity (Wildman–Crippen MR) is 62.9 cm³/mol. The molecule has 0 aromatic heterocycles. The Morgan fingerprint density at radius 2 is 2.13 bits per heavy atom. The lowest BCUT2D eigenvalue weighted by atomic mass is 9.99. The molecule has 15 heavy (non-hydrogen) atoms. The van der Waals surface area contributed by atoms with Crippen molar-refractivity contribution in [2.24, 2.45) is 5.92 Å². The Morgan fingerprint density at radius 1 is 1.40 bits per heavy atom. The van der Waals surface area contributed by atoms with E-state index in [1.54, 1.807) is 0 Å². The summed E-state index contributed by atoms with van der Waals surface area (Å²) < 4.78 is 0. The fraction of sp³-hybridized carbons (Fsp3) is 0.917. The number of hydrogen-bond donors (Lipinski definition) is 2. The normalized spacial score (nSPS) is 17.2. The van der Waals surface area contributed by atoms with Crippen molar-refractivity contribution in [1.82, 2.24) is 10.6 Å². The molecule has 0 heterocycles. The summed E-state index contributed by atoms with van der Waals surface area (Å²) >= 11 is 0. The van der Waals surface area contributed by atoms with Gasteiger partial charge in [-0.3, -0.25) is 0 Å². The van der Waals surface area contributed by atoms with Crippen LogP contribution in [0.25, 0.3) is 0 Å². The molecule has 1 fully saturated rings. The van der Waals surface area contributed by atoms with Crippen LogP contribution >= 0.6 is 0 Å². The molecule has 1 saturated carbocycles. The number of hydrogen-bond acceptors (Lipinski definition) is 1. The van der Waals surface area contributed by atoms with Crippen molar-refractivity contribution < 1.29 is 4.79 Å². The molecule has 0 aliphatic heterocycles. The van der Waals surface area contributed by atoms with Gasteiger partial charge in [-0.15, -0.1) is 0 Å². The second-order valence-electron chi connectivity index (χ2n) is 4.55. The van der Waals surface area contributed by atoms with Crippen molar-refractivity contribution in [1.29, 1.82) is 0 Å². The van der Waals surface area contributed by atoms with Gasteiger partial charge in [-0.2, -0.15) is 0 Å². The molecule has 0 aromatic carbocycles. The van der Waals surface area contributed by atoms with Crippen LogP contribution in [0.2, 0.25) is 0 Å². The van der Waals surface area contributed by atoms with Crippen molar-refractivity contribution in [3.63, 3.8) is 0 Å². The molecule has 2 amide bonds. The molecule has 0 radical (unpaired) electrons. The Kier molecular flexibility index (Phi) is 5.51. The van der Waals surface area contributed by atoms with Crippen LogP contribution in [0.5, 0.6) is 0 Å². The molecule has 0 saturated heterocycles. The first-order valence-electron chi connectivity index (χ1n) is 6.30. The molecule has 2 N–H and O–H groups in total. The molecular weight excluding hydrogens is 188 g/mol. The molecule has 88 valence electrons. The van der Waals surface area contributed by atoms with E-state index in [2.05, 4.69) is 24.5 Å². The van der Waals surface area contributed by atoms with Gasteiger partial charge in [0.15, 0.2) is 0 Å². The summed E-state index contributed by atoms with van der Waals surface area (Å²) in [6, 6.07) is 0.480. The second-order valence-corrected chi connectivity index (χ2v) is 4.55. The Bertz CT molecular complexity index is 190. The highest BCUT2D eigenvalue weighted by molar-refractivity contribution is 5.74. The van der Waals surface area contributed by atoms with Gasteiger partial charge in [0.25, 0.3) is 0 Å². The third kappa shape index (κ3) is 5.65. The van der Waals surface area contributed by atoms with Crippen LogP contribution in [0, 0.1) is 5.92 Å². The number of urea groups is 1. The van der Waals surface area contributed by atoms with Gasteiger partial charge in [0.05, 0.1) is 0 Å². The second kappa shape index (κ2) is 6.70. The van der Waals surface area contributed by atoms with Gasteiger partial charge in [0.1, 0.15) is 0 Å². The SMILES string of the molecule is CCCC[C@H](CC)CNC(=O)NC1CC1. The molecule has 1 aliphatic carbocycles. The summed E-state index contributed by atoms with van der Waals surface area (Å²) in [4.78, 5) is 11.4. The summed E-state index contributed by atoms with van der Waals surface area (Å²) in [6.07, 6.45) is 7.20. The number of carbonyl (C=O) groups is 1. The number of rotatable bonds is 7. The standard InChI is InChI=1S/C12H24N2O/c1-3-5-6-10(4-2)9-13-12(15)14-11-7-8-11/h10-11H,3-9H2,1-2H3,(H2,13,14,15)/t10-/m0/s1. The fourth-order valence-corrected chi connectivity index (χ4v) is 1.64. The van der Waals surface area contributed by atoms with E-state index in [9.17, 15) is 4.79 Å². The summed E-state index contributed by atoms with van der Waals surface area (Å²) in [6.45, 7) is 5.23. The van der Waals surface area contributed by atoms with E-state index in [1.165, 1.54) is 19.3 Å². The number of carbonyl (C=O) groups excluding carboxylic acids is 1. The van der Waals surface area contributed by atoms with Crippen molar-refractivity contribution in [2.45, 2.75) is 58.4 Å². The zero-order chi connectivity index (χ0) is 11.1. The van der Waals surface area contributed by atoms with Crippen LogP contribution < -0.4 is 10.6 Å². The monoisotopic (exact) mass is 212 g/mol. The van der Waals surface area contributed by atoms with E-state index < -0.39 is 0 Å². The average Bonchev–Trinajstić information content (AvgIpc) is 3.02. The Morgan fingerprint density at radius 3 is 2.67 bits per heavy atom. The smallest absolute Gasteiger partial charge is 0.315 e. The third-order valence-electron chi connectivity index (χ3n) is 3.01. The number of nitrogens with one attached hydrogen (secondary N) is 2. The first-order valence-corrected chi connectivity index (χ1v) is 6.30. The Hall–Kier alpha value is -0.730. The fourth-order valence-electron chi connectivity index (χ4n) is 1.64. The van der Waals surface area contributed by atoms with E-state index in [0.717, 1.165) is 25.8 Å². The number of unbranched alkanes of at least 4 members (excludes halogenated alkanes) is 1. The highest BCUT2D eigenvalue weighted by Crippen LogP contribution is 2.18. The molecular formula is C12H24N2O. The first-order chi connectivity index (χ1) is 7.26. The topological polar surface area (TPSA) is 41.1 Å². The van der Waals surface area contributed by atoms with Gasteiger partial charge in [-0.25, -0.2) is 4.79 Å². The zero-order valence-corrected chi connectivity index (χ0v) is 10.0. The summed E-state index contributed by atoms with van der Waals surface area (Å²) in [5.41, 5.74) is 0. The molecule has 0 spiro atoms. The van der Waals surface area contributed by atoms with Crippen molar-refractivity contribution >= 4 is 6.03 Å². The highest BCUT2D eigenvalue weighted by atomic mass is 16.2. The zero-order valence-electron chi connectivity index (χ0n) is 10.0. The van der Waals surface area contributed by atoms with E-state index in [-0.39, 0.29) is 6.03 Å². The van der Waals surface area contributed by atoms with Crippen molar-refractivity contribution in [3.05, 3.63) is 0 Å². The summed E-state index contributed by atoms with van der Waals surface area (Å²) in [7, 11) is 0. The van der Waals surface area contributed by atoms with Gasteiger partial charge in [-0.1, -0.05) is 33.1 Å². The first kappa shape index (κ1) is 12.3. The minimum absolute atomic E-state index is 0.0208. The maximum atomic E-state index is 11.4. The van der Waals surface area contributed by atoms with Gasteiger partial charge >= 0.3 is 6.03 Å². The lowest BCUT2D eigenvalue weighted by molar-refractivity contribution is 0.237. The molecule has 0 unspecified atom stereocenters. The van der Waals surface area contributed by atoms with Gasteiger partial charge in [-0.05, 0) is 25.2 Å². The molecule has 3 heteroatoms. The maximum absolute atomic E-state index is 11.4. The highest BCUT2D eigenvalue weighted by Gasteiger charge is 2.23. The van der Waals surface area contributed by atoms with E-state index in [1.807, 2.05) is 0 Å². The van der Waals surface area contributed by atoms with Crippen molar-refractivity contribution in [2.75, 3.05) is 6.54 Å². The largest absolute Gasteiger partial charge is 0.338 e. The summed E-state index contributed by atoms with van der Waals surface area (Å²) in [5, 5.41) is 5.90. The lowest BCUT2D eigenvalue weighted by Crippen LogP contribution is -2.39. The predicted octanol–water partition coefficient (Wildman–Crippen LogP) is 2.66. The quantitative estimate of drug-likeness (QED) is 0.669. The third-order valence-corrected chi connectivity index (χ3v) is 3.01. The van der Waals surface area contributed by atoms with Crippen LogP contribution in [0.3, 0.4) is 0 Å². The van der Waals surface area contributed by atoms with Crippen LogP contribution in [-0.2, 0) is 0 Å². The number of amides is 2. The minimum atomic E-state index is 0.0208. The van der Waals surface area contributed by atoms with Gasteiger partial charge in [0.2, 0.25) is 0 Å². The Labute approximate surface area is 93.0 Å². The van der Waals surface area contributed by atoms with Gasteiger partial charge in [0, 0.05) is 12.6 Å². The van der Waals surface area contributed by atoms with E-state index in [4.69, 9.17) is 0 Å². The lowest BCUT2D eigenvalue weighted by Gasteiger charge is -2.15. The molecule has 1 aliphatic rings. The molecule has 1 atom stereocenters. The minimum Gasteiger partial charge on any atom is -0.338 e. The average molecular weight is 212 g/mol. The molecule has 0 bridgehead atoms. The summed E-state index contributed by atoms with van der Waals surface area (Å²) in [5.74, 6) is 0.648. The van der Waals surface area contributed by atoms with Crippen LogP contribution in [-0.4, -0.2) is 18.6 Å². The van der Waals surface area contributed by atoms with E-state index in [0.29, 0.717) is 12.0 Å². The molecule has 0 aromatic rings.